The van der Waals surface area contributed by atoms with Gasteiger partial charge in [0.25, 0.3) is 5.91 Å². The highest BCUT2D eigenvalue weighted by atomic mass is 16.4. The molecule has 1 aromatic heterocycles. The van der Waals surface area contributed by atoms with Crippen molar-refractivity contribution >= 4 is 11.9 Å². The van der Waals surface area contributed by atoms with Crippen molar-refractivity contribution in [2.75, 3.05) is 0 Å². The summed E-state index contributed by atoms with van der Waals surface area (Å²) in [5.41, 5.74) is 1.53. The van der Waals surface area contributed by atoms with E-state index in [1.807, 2.05) is 10.7 Å². The number of carboxylic acids is 1. The first kappa shape index (κ1) is 12.9. The van der Waals surface area contributed by atoms with Crippen LogP contribution >= 0.6 is 0 Å². The van der Waals surface area contributed by atoms with E-state index >= 15 is 0 Å². The Bertz CT molecular complexity index is 588. The monoisotopic (exact) mass is 289 g/mol. The number of aromatic nitrogens is 2. The summed E-state index contributed by atoms with van der Waals surface area (Å²) in [4.78, 5) is 23.8. The average molecular weight is 289 g/mol. The molecule has 6 nitrogen and oxygen atoms in total. The summed E-state index contributed by atoms with van der Waals surface area (Å²) < 4.78 is 1.88. The molecule has 112 valence electrons. The van der Waals surface area contributed by atoms with Crippen LogP contribution in [0.3, 0.4) is 0 Å². The number of rotatable bonds is 3. The Morgan fingerprint density at radius 3 is 2.90 bits per heavy atom. The van der Waals surface area contributed by atoms with E-state index in [1.165, 1.54) is 0 Å². The predicted molar refractivity (Wildman–Crippen MR) is 73.8 cm³/mol. The lowest BCUT2D eigenvalue weighted by Crippen LogP contribution is -2.46. The van der Waals surface area contributed by atoms with E-state index in [0.29, 0.717) is 11.6 Å². The van der Waals surface area contributed by atoms with Crippen molar-refractivity contribution < 1.29 is 14.7 Å². The molecule has 3 aliphatic rings. The van der Waals surface area contributed by atoms with Crippen molar-refractivity contribution in [1.82, 2.24) is 15.1 Å². The molecule has 1 aliphatic heterocycles. The molecule has 6 heteroatoms. The van der Waals surface area contributed by atoms with Gasteiger partial charge in [-0.05, 0) is 50.0 Å². The van der Waals surface area contributed by atoms with E-state index in [2.05, 4.69) is 10.4 Å². The minimum atomic E-state index is -0.778. The van der Waals surface area contributed by atoms with Gasteiger partial charge < -0.3 is 10.4 Å². The third-order valence-electron chi connectivity index (χ3n) is 5.40. The fourth-order valence-electron chi connectivity index (χ4n) is 4.45. The van der Waals surface area contributed by atoms with Crippen LogP contribution in [0.5, 0.6) is 0 Å². The Morgan fingerprint density at radius 1 is 1.33 bits per heavy atom. The maximum atomic E-state index is 12.4. The number of carboxylic acid groups (broad SMARTS) is 1. The van der Waals surface area contributed by atoms with Gasteiger partial charge >= 0.3 is 5.97 Å². The molecule has 4 atom stereocenters. The molecular weight excluding hydrogens is 270 g/mol. The Labute approximate surface area is 122 Å². The molecule has 0 aromatic carbocycles. The Kier molecular flexibility index (Phi) is 2.80. The third-order valence-corrected chi connectivity index (χ3v) is 5.40. The molecule has 2 heterocycles. The highest BCUT2D eigenvalue weighted by Crippen LogP contribution is 2.48. The zero-order valence-electron chi connectivity index (χ0n) is 11.8. The molecule has 2 N–H and O–H groups in total. The SMILES string of the molecule is O=C(N[C@@H]1[C@H]2CC[C@H](C2)[C@@H]1C(=O)O)c1cc2n(n1)CCC2. The van der Waals surface area contributed by atoms with Gasteiger partial charge in [0.2, 0.25) is 0 Å². The second-order valence-electron chi connectivity index (χ2n) is 6.54. The van der Waals surface area contributed by atoms with Gasteiger partial charge in [0, 0.05) is 18.3 Å². The number of carbonyl (C=O) groups is 2. The minimum absolute atomic E-state index is 0.222. The molecule has 2 fully saturated rings. The summed E-state index contributed by atoms with van der Waals surface area (Å²) in [6.07, 6.45) is 4.98. The third kappa shape index (κ3) is 1.96. The van der Waals surface area contributed by atoms with Gasteiger partial charge in [-0.25, -0.2) is 0 Å². The van der Waals surface area contributed by atoms with Gasteiger partial charge in [0.05, 0.1) is 5.92 Å². The fourth-order valence-corrected chi connectivity index (χ4v) is 4.45. The number of carbonyl (C=O) groups excluding carboxylic acids is 1. The molecule has 0 saturated heterocycles. The Balaban J connectivity index is 1.52. The second kappa shape index (κ2) is 4.58. The summed E-state index contributed by atoms with van der Waals surface area (Å²) in [5, 5.41) is 16.7. The van der Waals surface area contributed by atoms with Crippen LogP contribution in [-0.4, -0.2) is 32.8 Å². The molecule has 4 rings (SSSR count). The second-order valence-corrected chi connectivity index (χ2v) is 6.54. The van der Waals surface area contributed by atoms with Crippen LogP contribution in [-0.2, 0) is 17.8 Å². The zero-order valence-corrected chi connectivity index (χ0v) is 11.8. The van der Waals surface area contributed by atoms with Gasteiger partial charge in [0.1, 0.15) is 5.69 Å². The number of aliphatic carboxylic acids is 1. The smallest absolute Gasteiger partial charge is 0.308 e. The number of fused-ring (bicyclic) bond motifs is 3. The van der Waals surface area contributed by atoms with Crippen LogP contribution in [0.2, 0.25) is 0 Å². The van der Waals surface area contributed by atoms with E-state index in [-0.39, 0.29) is 17.9 Å². The van der Waals surface area contributed by atoms with Crippen molar-refractivity contribution in [3.63, 3.8) is 0 Å². The topological polar surface area (TPSA) is 84.2 Å². The van der Waals surface area contributed by atoms with E-state index in [1.54, 1.807) is 0 Å². The van der Waals surface area contributed by atoms with Gasteiger partial charge in [0.15, 0.2) is 0 Å². The van der Waals surface area contributed by atoms with Crippen LogP contribution < -0.4 is 5.32 Å². The highest BCUT2D eigenvalue weighted by Gasteiger charge is 2.51. The van der Waals surface area contributed by atoms with Crippen LogP contribution in [0, 0.1) is 17.8 Å². The first-order valence-corrected chi connectivity index (χ1v) is 7.74. The normalized spacial score (nSPS) is 33.1. The largest absolute Gasteiger partial charge is 0.481 e. The molecule has 0 radical (unpaired) electrons. The number of aryl methyl sites for hydroxylation is 2. The number of hydrogen-bond donors (Lipinski definition) is 2. The van der Waals surface area contributed by atoms with Gasteiger partial charge in [-0.1, -0.05) is 0 Å². The lowest BCUT2D eigenvalue weighted by atomic mass is 9.84. The molecule has 1 amide bonds. The molecule has 2 bridgehead atoms. The van der Waals surface area contributed by atoms with E-state index in [4.69, 9.17) is 0 Å². The van der Waals surface area contributed by atoms with Gasteiger partial charge in [-0.15, -0.1) is 0 Å². The summed E-state index contributed by atoms with van der Waals surface area (Å²) in [5.74, 6) is -0.887. The molecule has 2 aliphatic carbocycles. The van der Waals surface area contributed by atoms with Crippen molar-refractivity contribution in [2.45, 2.75) is 44.7 Å². The summed E-state index contributed by atoms with van der Waals surface area (Å²) in [6.45, 7) is 0.870. The maximum absolute atomic E-state index is 12.4. The van der Waals surface area contributed by atoms with E-state index < -0.39 is 11.9 Å². The minimum Gasteiger partial charge on any atom is -0.481 e. The molecule has 21 heavy (non-hydrogen) atoms. The Hall–Kier alpha value is -1.85. The lowest BCUT2D eigenvalue weighted by Gasteiger charge is -2.28. The standard InChI is InChI=1S/C15H19N3O3/c19-14(11-7-10-2-1-5-18(10)17-11)16-13-9-4-3-8(6-9)12(13)15(20)21/h7-9,12-13H,1-6H2,(H,16,19)(H,20,21)/t8-,9+,12+,13-/m1/s1. The quantitative estimate of drug-likeness (QED) is 0.871. The van der Waals surface area contributed by atoms with Crippen LogP contribution in [0.1, 0.15) is 41.9 Å². The molecule has 0 spiro atoms. The van der Waals surface area contributed by atoms with Crippen molar-refractivity contribution in [3.05, 3.63) is 17.5 Å². The fraction of sp³-hybridized carbons (Fsp3) is 0.667. The predicted octanol–water partition coefficient (Wildman–Crippen LogP) is 1.06. The number of hydrogen-bond acceptors (Lipinski definition) is 3. The summed E-state index contributed by atoms with van der Waals surface area (Å²) in [6, 6.07) is 1.61. The van der Waals surface area contributed by atoms with Crippen LogP contribution in [0.25, 0.3) is 0 Å². The summed E-state index contributed by atoms with van der Waals surface area (Å²) >= 11 is 0. The Morgan fingerprint density at radius 2 is 2.14 bits per heavy atom. The summed E-state index contributed by atoms with van der Waals surface area (Å²) in [7, 11) is 0. The van der Waals surface area contributed by atoms with Crippen LogP contribution in [0.4, 0.5) is 0 Å². The first-order valence-electron chi connectivity index (χ1n) is 7.74. The lowest BCUT2D eigenvalue weighted by molar-refractivity contribution is -0.144. The molecular formula is C15H19N3O3. The van der Waals surface area contributed by atoms with E-state index in [9.17, 15) is 14.7 Å². The maximum Gasteiger partial charge on any atom is 0.308 e. The number of nitrogens with one attached hydrogen (secondary N) is 1. The average Bonchev–Trinajstić information content (AvgIpc) is 3.17. The molecule has 0 unspecified atom stereocenters. The molecule has 2 saturated carbocycles. The first-order chi connectivity index (χ1) is 10.1. The highest BCUT2D eigenvalue weighted by molar-refractivity contribution is 5.93. The van der Waals surface area contributed by atoms with Gasteiger partial charge in [-0.3, -0.25) is 14.3 Å². The molecule has 1 aromatic rings. The van der Waals surface area contributed by atoms with Crippen molar-refractivity contribution in [1.29, 1.82) is 0 Å². The number of amides is 1. The number of nitrogens with zero attached hydrogens (tertiary/aromatic N) is 2. The van der Waals surface area contributed by atoms with E-state index in [0.717, 1.165) is 44.3 Å². The van der Waals surface area contributed by atoms with Gasteiger partial charge in [-0.2, -0.15) is 5.10 Å². The van der Waals surface area contributed by atoms with Crippen molar-refractivity contribution in [3.8, 4) is 0 Å². The van der Waals surface area contributed by atoms with Crippen LogP contribution in [0.15, 0.2) is 6.07 Å². The van der Waals surface area contributed by atoms with Crippen molar-refractivity contribution in [2.24, 2.45) is 17.8 Å². The zero-order chi connectivity index (χ0) is 14.6.